The number of nitrogens with one attached hydrogen (secondary N) is 1. The van der Waals surface area contributed by atoms with Crippen molar-refractivity contribution in [3.05, 3.63) is 18.1 Å². The van der Waals surface area contributed by atoms with Gasteiger partial charge in [0.05, 0.1) is 17.1 Å². The smallest absolute Gasteiger partial charge is 0.277 e. The van der Waals surface area contributed by atoms with E-state index >= 15 is 0 Å². The zero-order valence-electron chi connectivity index (χ0n) is 15.1. The monoisotopic (exact) mass is 363 g/mol. The van der Waals surface area contributed by atoms with E-state index in [-0.39, 0.29) is 17.2 Å². The second kappa shape index (κ2) is 7.64. The molecule has 0 aliphatic heterocycles. The molecular formula is C18H25N3O3S. The number of thioether (sulfide) groups is 1. The van der Waals surface area contributed by atoms with Gasteiger partial charge >= 0.3 is 0 Å². The fourth-order valence-electron chi connectivity index (χ4n) is 3.26. The van der Waals surface area contributed by atoms with Gasteiger partial charge in [0, 0.05) is 6.04 Å². The Morgan fingerprint density at radius 1 is 1.36 bits per heavy atom. The molecule has 6 nitrogen and oxygen atoms in total. The van der Waals surface area contributed by atoms with Gasteiger partial charge in [-0.25, -0.2) is 0 Å². The van der Waals surface area contributed by atoms with Crippen LogP contribution in [-0.2, 0) is 4.79 Å². The van der Waals surface area contributed by atoms with E-state index in [0.29, 0.717) is 22.9 Å². The number of carbonyl (C=O) groups is 1. The topological polar surface area (TPSA) is 81.2 Å². The summed E-state index contributed by atoms with van der Waals surface area (Å²) >= 11 is 1.28. The van der Waals surface area contributed by atoms with Gasteiger partial charge in [-0.15, -0.1) is 10.2 Å². The van der Waals surface area contributed by atoms with Crippen molar-refractivity contribution in [2.24, 2.45) is 11.8 Å². The first-order valence-electron chi connectivity index (χ1n) is 8.80. The van der Waals surface area contributed by atoms with Crippen LogP contribution in [0.2, 0.25) is 0 Å². The SMILES string of the molecule is Cc1occc1-c1nnc(S[C@@H](C)C(=O)N[C@H]2CCC[C@H](C)[C@@H]2C)o1. The second-order valence-corrected chi connectivity index (χ2v) is 8.20. The highest BCUT2D eigenvalue weighted by Gasteiger charge is 2.30. The first kappa shape index (κ1) is 18.0. The minimum Gasteiger partial charge on any atom is -0.469 e. The van der Waals surface area contributed by atoms with Gasteiger partial charge in [-0.1, -0.05) is 38.5 Å². The number of aryl methyl sites for hydroxylation is 1. The molecule has 4 atom stereocenters. The molecule has 1 saturated carbocycles. The van der Waals surface area contributed by atoms with E-state index in [2.05, 4.69) is 29.4 Å². The fourth-order valence-corrected chi connectivity index (χ4v) is 3.96. The van der Waals surface area contributed by atoms with Crippen molar-refractivity contribution in [1.82, 2.24) is 15.5 Å². The van der Waals surface area contributed by atoms with Crippen LogP contribution in [0, 0.1) is 18.8 Å². The summed E-state index contributed by atoms with van der Waals surface area (Å²) in [4.78, 5) is 12.5. The molecule has 2 aromatic rings. The zero-order valence-corrected chi connectivity index (χ0v) is 15.9. The molecule has 2 aromatic heterocycles. The van der Waals surface area contributed by atoms with Crippen molar-refractivity contribution in [2.75, 3.05) is 0 Å². The van der Waals surface area contributed by atoms with Gasteiger partial charge in [-0.3, -0.25) is 4.79 Å². The summed E-state index contributed by atoms with van der Waals surface area (Å²) in [6.07, 6.45) is 5.06. The maximum Gasteiger partial charge on any atom is 0.277 e. The Bertz CT molecular complexity index is 727. The predicted molar refractivity (Wildman–Crippen MR) is 96.2 cm³/mol. The number of aromatic nitrogens is 2. The predicted octanol–water partition coefficient (Wildman–Crippen LogP) is 4.06. The Morgan fingerprint density at radius 3 is 2.88 bits per heavy atom. The summed E-state index contributed by atoms with van der Waals surface area (Å²) in [5, 5.41) is 11.4. The first-order chi connectivity index (χ1) is 12.0. The molecule has 1 aliphatic rings. The molecule has 3 rings (SSSR count). The summed E-state index contributed by atoms with van der Waals surface area (Å²) in [7, 11) is 0. The first-order valence-corrected chi connectivity index (χ1v) is 9.68. The molecule has 0 radical (unpaired) electrons. The van der Waals surface area contributed by atoms with Crippen LogP contribution < -0.4 is 5.32 Å². The summed E-state index contributed by atoms with van der Waals surface area (Å²) in [5.41, 5.74) is 0.779. The summed E-state index contributed by atoms with van der Waals surface area (Å²) in [5.74, 6) is 2.32. The highest BCUT2D eigenvalue weighted by Crippen LogP contribution is 2.31. The Labute approximate surface area is 152 Å². The standard InChI is InChI=1S/C18H25N3O3S/c1-10-6-5-7-15(11(10)2)19-16(22)13(4)25-18-21-20-17(24-18)14-8-9-23-12(14)3/h8-11,13,15H,5-7H2,1-4H3,(H,19,22)/t10-,11-,13-,15-/m0/s1. The van der Waals surface area contributed by atoms with Crippen molar-refractivity contribution >= 4 is 17.7 Å². The Balaban J connectivity index is 1.58. The Hall–Kier alpha value is -1.76. The zero-order chi connectivity index (χ0) is 18.0. The van der Waals surface area contributed by atoms with Crippen LogP contribution in [0.1, 0.15) is 45.8 Å². The van der Waals surface area contributed by atoms with Gasteiger partial charge in [-0.05, 0) is 38.2 Å². The van der Waals surface area contributed by atoms with Crippen LogP contribution >= 0.6 is 11.8 Å². The molecular weight excluding hydrogens is 338 g/mol. The molecule has 0 unspecified atom stereocenters. The van der Waals surface area contributed by atoms with E-state index in [4.69, 9.17) is 8.83 Å². The van der Waals surface area contributed by atoms with E-state index < -0.39 is 0 Å². The highest BCUT2D eigenvalue weighted by molar-refractivity contribution is 8.00. The number of hydrogen-bond acceptors (Lipinski definition) is 6. The fraction of sp³-hybridized carbons (Fsp3) is 0.611. The quantitative estimate of drug-likeness (QED) is 0.807. The summed E-state index contributed by atoms with van der Waals surface area (Å²) < 4.78 is 10.9. The van der Waals surface area contributed by atoms with Crippen molar-refractivity contribution in [3.63, 3.8) is 0 Å². The third-order valence-electron chi connectivity index (χ3n) is 5.18. The van der Waals surface area contributed by atoms with Crippen LogP contribution in [0.4, 0.5) is 0 Å². The maximum absolute atomic E-state index is 12.5. The Morgan fingerprint density at radius 2 is 2.16 bits per heavy atom. The molecule has 136 valence electrons. The van der Waals surface area contributed by atoms with Crippen molar-refractivity contribution < 1.29 is 13.6 Å². The third-order valence-corrected chi connectivity index (χ3v) is 6.11. The van der Waals surface area contributed by atoms with Crippen LogP contribution in [0.5, 0.6) is 0 Å². The summed E-state index contributed by atoms with van der Waals surface area (Å²) in [6.45, 7) is 8.20. The van der Waals surface area contributed by atoms with Gasteiger partial charge in [0.25, 0.3) is 11.1 Å². The average Bonchev–Trinajstić information content (AvgIpc) is 3.20. The molecule has 0 aromatic carbocycles. The van der Waals surface area contributed by atoms with E-state index in [0.717, 1.165) is 17.7 Å². The van der Waals surface area contributed by atoms with Gasteiger partial charge in [0.2, 0.25) is 5.91 Å². The van der Waals surface area contributed by atoms with E-state index in [1.165, 1.54) is 24.6 Å². The molecule has 1 amide bonds. The van der Waals surface area contributed by atoms with Crippen molar-refractivity contribution in [2.45, 2.75) is 63.5 Å². The van der Waals surface area contributed by atoms with Gasteiger partial charge in [0.15, 0.2) is 0 Å². The van der Waals surface area contributed by atoms with Crippen molar-refractivity contribution in [1.29, 1.82) is 0 Å². The largest absolute Gasteiger partial charge is 0.469 e. The second-order valence-electron chi connectivity index (χ2n) is 6.91. The normalized spacial score (nSPS) is 24.9. The minimum absolute atomic E-state index is 0.0233. The van der Waals surface area contributed by atoms with Crippen LogP contribution in [0.3, 0.4) is 0 Å². The molecule has 0 spiro atoms. The van der Waals surface area contributed by atoms with Gasteiger partial charge in [0.1, 0.15) is 5.76 Å². The molecule has 1 N–H and O–H groups in total. The third kappa shape index (κ3) is 4.08. The molecule has 1 fully saturated rings. The lowest BCUT2D eigenvalue weighted by Gasteiger charge is -2.35. The van der Waals surface area contributed by atoms with E-state index in [1.807, 2.05) is 13.8 Å². The lowest BCUT2D eigenvalue weighted by molar-refractivity contribution is -0.121. The molecule has 0 saturated heterocycles. The van der Waals surface area contributed by atoms with Gasteiger partial charge in [-0.2, -0.15) is 0 Å². The molecule has 0 bridgehead atoms. The number of hydrogen-bond donors (Lipinski definition) is 1. The summed E-state index contributed by atoms with van der Waals surface area (Å²) in [6, 6.07) is 2.05. The van der Waals surface area contributed by atoms with Crippen LogP contribution in [-0.4, -0.2) is 27.4 Å². The van der Waals surface area contributed by atoms with E-state index in [1.54, 1.807) is 12.3 Å². The molecule has 25 heavy (non-hydrogen) atoms. The maximum atomic E-state index is 12.5. The Kier molecular flexibility index (Phi) is 5.51. The lowest BCUT2D eigenvalue weighted by atomic mass is 9.78. The highest BCUT2D eigenvalue weighted by atomic mass is 32.2. The van der Waals surface area contributed by atoms with Crippen molar-refractivity contribution in [3.8, 4) is 11.5 Å². The minimum atomic E-state index is -0.289. The number of amides is 1. The van der Waals surface area contributed by atoms with Gasteiger partial charge < -0.3 is 14.2 Å². The average molecular weight is 363 g/mol. The number of furan rings is 1. The lowest BCUT2D eigenvalue weighted by Crippen LogP contribution is -2.46. The molecule has 7 heteroatoms. The van der Waals surface area contributed by atoms with Crippen LogP contribution in [0.15, 0.2) is 26.4 Å². The number of nitrogens with zero attached hydrogens (tertiary/aromatic N) is 2. The van der Waals surface area contributed by atoms with Crippen LogP contribution in [0.25, 0.3) is 11.5 Å². The number of rotatable bonds is 5. The number of carbonyl (C=O) groups excluding carboxylic acids is 1. The van der Waals surface area contributed by atoms with E-state index in [9.17, 15) is 4.79 Å². The molecule has 2 heterocycles. The molecule has 1 aliphatic carbocycles.